The Labute approximate surface area is 107 Å². The molecule has 0 radical (unpaired) electrons. The van der Waals surface area contributed by atoms with Gasteiger partial charge in [-0.05, 0) is 43.3 Å². The molecule has 1 N–H and O–H groups in total. The van der Waals surface area contributed by atoms with Gasteiger partial charge in [0.25, 0.3) is 0 Å². The quantitative estimate of drug-likeness (QED) is 0.847. The van der Waals surface area contributed by atoms with E-state index in [2.05, 4.69) is 0 Å². The monoisotopic (exact) mass is 253 g/mol. The van der Waals surface area contributed by atoms with Gasteiger partial charge in [0.05, 0.1) is 6.42 Å². The summed E-state index contributed by atoms with van der Waals surface area (Å²) in [7, 11) is 0. The zero-order valence-electron chi connectivity index (χ0n) is 11.1. The lowest BCUT2D eigenvalue weighted by molar-refractivity contribution is -0.138. The molecule has 1 unspecified atom stereocenters. The van der Waals surface area contributed by atoms with E-state index in [9.17, 15) is 9.18 Å². The highest BCUT2D eigenvalue weighted by Gasteiger charge is 2.22. The van der Waals surface area contributed by atoms with E-state index in [0.717, 1.165) is 24.2 Å². The lowest BCUT2D eigenvalue weighted by atomic mass is 9.97. The van der Waals surface area contributed by atoms with Gasteiger partial charge < -0.3 is 5.11 Å². The molecular weight excluding hydrogens is 233 g/mol. The second kappa shape index (κ2) is 6.50. The Morgan fingerprint density at radius 3 is 2.50 bits per heavy atom. The van der Waals surface area contributed by atoms with Crippen LogP contribution in [0.5, 0.6) is 0 Å². The molecule has 0 heterocycles. The lowest BCUT2D eigenvalue weighted by Gasteiger charge is -2.30. The number of carbonyl (C=O) groups is 1. The summed E-state index contributed by atoms with van der Waals surface area (Å²) in [6.45, 7) is 7.32. The number of aryl methyl sites for hydroxylation is 1. The van der Waals surface area contributed by atoms with Gasteiger partial charge in [0.1, 0.15) is 5.82 Å². The van der Waals surface area contributed by atoms with Crippen LogP contribution in [0.1, 0.15) is 37.4 Å². The summed E-state index contributed by atoms with van der Waals surface area (Å²) in [6, 6.07) is 4.27. The van der Waals surface area contributed by atoms with E-state index in [-0.39, 0.29) is 18.3 Å². The highest BCUT2D eigenvalue weighted by atomic mass is 19.1. The molecular formula is C14H20FNO2. The molecule has 0 bridgehead atoms. The van der Waals surface area contributed by atoms with Crippen LogP contribution in [0, 0.1) is 12.7 Å². The van der Waals surface area contributed by atoms with Gasteiger partial charge in [-0.25, -0.2) is 4.39 Å². The van der Waals surface area contributed by atoms with Crippen LogP contribution in [0.15, 0.2) is 18.2 Å². The predicted octanol–water partition coefficient (Wildman–Crippen LogP) is 2.99. The Morgan fingerprint density at radius 2 is 2.00 bits per heavy atom. The average molecular weight is 253 g/mol. The van der Waals surface area contributed by atoms with Crippen LogP contribution in [0.3, 0.4) is 0 Å². The number of hydrogen-bond acceptors (Lipinski definition) is 2. The molecule has 0 saturated carbocycles. The molecule has 0 aliphatic heterocycles. The summed E-state index contributed by atoms with van der Waals surface area (Å²) < 4.78 is 13.4. The largest absolute Gasteiger partial charge is 0.481 e. The Hall–Kier alpha value is -1.42. The fourth-order valence-electron chi connectivity index (χ4n) is 2.24. The fraction of sp³-hybridized carbons (Fsp3) is 0.500. The topological polar surface area (TPSA) is 40.5 Å². The Morgan fingerprint density at radius 1 is 1.39 bits per heavy atom. The zero-order valence-corrected chi connectivity index (χ0v) is 11.1. The number of hydrogen-bond donors (Lipinski definition) is 1. The fourth-order valence-corrected chi connectivity index (χ4v) is 2.24. The molecule has 3 nitrogen and oxygen atoms in total. The van der Waals surface area contributed by atoms with E-state index in [1.54, 1.807) is 6.07 Å². The van der Waals surface area contributed by atoms with E-state index < -0.39 is 5.97 Å². The van der Waals surface area contributed by atoms with Crippen LogP contribution in [0.4, 0.5) is 4.39 Å². The van der Waals surface area contributed by atoms with Crippen LogP contribution in [-0.2, 0) is 4.79 Å². The Kier molecular flexibility index (Phi) is 5.28. The molecule has 0 saturated heterocycles. The maximum Gasteiger partial charge on any atom is 0.305 e. The van der Waals surface area contributed by atoms with Gasteiger partial charge in [-0.3, -0.25) is 9.69 Å². The van der Waals surface area contributed by atoms with E-state index in [0.29, 0.717) is 0 Å². The van der Waals surface area contributed by atoms with Crippen LogP contribution in [0.2, 0.25) is 0 Å². The van der Waals surface area contributed by atoms with Crippen molar-refractivity contribution in [1.29, 1.82) is 0 Å². The van der Waals surface area contributed by atoms with Gasteiger partial charge in [-0.15, -0.1) is 0 Å². The van der Waals surface area contributed by atoms with Crippen molar-refractivity contribution < 1.29 is 14.3 Å². The van der Waals surface area contributed by atoms with Crippen LogP contribution < -0.4 is 0 Å². The minimum atomic E-state index is -0.865. The van der Waals surface area contributed by atoms with Gasteiger partial charge >= 0.3 is 5.97 Å². The van der Waals surface area contributed by atoms with E-state index in [1.807, 2.05) is 25.7 Å². The highest BCUT2D eigenvalue weighted by Crippen LogP contribution is 2.27. The van der Waals surface area contributed by atoms with Gasteiger partial charge in [-0.2, -0.15) is 0 Å². The third kappa shape index (κ3) is 3.53. The first-order chi connectivity index (χ1) is 8.49. The first-order valence-electron chi connectivity index (χ1n) is 6.21. The zero-order chi connectivity index (χ0) is 13.7. The van der Waals surface area contributed by atoms with E-state index in [4.69, 9.17) is 5.11 Å². The number of aliphatic carboxylic acids is 1. The van der Waals surface area contributed by atoms with Crippen molar-refractivity contribution in [2.75, 3.05) is 13.1 Å². The number of rotatable bonds is 6. The highest BCUT2D eigenvalue weighted by molar-refractivity contribution is 5.68. The molecule has 0 amide bonds. The van der Waals surface area contributed by atoms with Crippen LogP contribution in [0.25, 0.3) is 0 Å². The summed E-state index contributed by atoms with van der Waals surface area (Å²) in [6.07, 6.45) is -0.00796. The standard InChI is InChI=1S/C14H20FNO2/c1-4-16(5-2)13(9-14(17)18)12-8-11(15)7-6-10(12)3/h6-8,13H,4-5,9H2,1-3H3,(H,17,18). The van der Waals surface area contributed by atoms with Crippen molar-refractivity contribution >= 4 is 5.97 Å². The number of carboxylic acid groups (broad SMARTS) is 1. The summed E-state index contributed by atoms with van der Waals surface area (Å²) in [5.74, 6) is -1.19. The van der Waals surface area contributed by atoms with Crippen molar-refractivity contribution in [2.45, 2.75) is 33.2 Å². The molecule has 100 valence electrons. The van der Waals surface area contributed by atoms with Gasteiger partial charge in [0.15, 0.2) is 0 Å². The Balaban J connectivity index is 3.15. The summed E-state index contributed by atoms with van der Waals surface area (Å²) in [5, 5.41) is 9.02. The second-order valence-electron chi connectivity index (χ2n) is 4.34. The van der Waals surface area contributed by atoms with Crippen molar-refractivity contribution in [2.24, 2.45) is 0 Å². The molecule has 0 fully saturated rings. The normalized spacial score (nSPS) is 12.7. The third-order valence-corrected chi connectivity index (χ3v) is 3.22. The minimum absolute atomic E-state index is 0.00796. The van der Waals surface area contributed by atoms with Gasteiger partial charge in [0.2, 0.25) is 0 Å². The number of carboxylic acids is 1. The van der Waals surface area contributed by atoms with Crippen molar-refractivity contribution in [1.82, 2.24) is 4.90 Å². The van der Waals surface area contributed by atoms with Crippen LogP contribution in [-0.4, -0.2) is 29.1 Å². The third-order valence-electron chi connectivity index (χ3n) is 3.22. The summed E-state index contributed by atoms with van der Waals surface area (Å²) in [4.78, 5) is 13.0. The molecule has 4 heteroatoms. The maximum absolute atomic E-state index is 13.4. The maximum atomic E-state index is 13.4. The summed E-state index contributed by atoms with van der Waals surface area (Å²) >= 11 is 0. The molecule has 18 heavy (non-hydrogen) atoms. The number of nitrogens with zero attached hydrogens (tertiary/aromatic N) is 1. The second-order valence-corrected chi connectivity index (χ2v) is 4.34. The lowest BCUT2D eigenvalue weighted by Crippen LogP contribution is -2.30. The number of benzene rings is 1. The molecule has 0 aliphatic carbocycles. The molecule has 0 aliphatic rings. The average Bonchev–Trinajstić information content (AvgIpc) is 2.32. The van der Waals surface area contributed by atoms with Crippen molar-refractivity contribution in [3.63, 3.8) is 0 Å². The van der Waals surface area contributed by atoms with Gasteiger partial charge in [0, 0.05) is 6.04 Å². The number of halogens is 1. The SMILES string of the molecule is CCN(CC)C(CC(=O)O)c1cc(F)ccc1C. The molecule has 0 aromatic heterocycles. The van der Waals surface area contributed by atoms with Gasteiger partial charge in [-0.1, -0.05) is 19.9 Å². The first kappa shape index (κ1) is 14.6. The van der Waals surface area contributed by atoms with Crippen molar-refractivity contribution in [3.05, 3.63) is 35.1 Å². The molecule has 1 aromatic rings. The molecule has 1 atom stereocenters. The van der Waals surface area contributed by atoms with E-state index >= 15 is 0 Å². The van der Waals surface area contributed by atoms with Crippen LogP contribution >= 0.6 is 0 Å². The molecule has 1 rings (SSSR count). The molecule has 0 spiro atoms. The first-order valence-corrected chi connectivity index (χ1v) is 6.21. The van der Waals surface area contributed by atoms with E-state index in [1.165, 1.54) is 12.1 Å². The summed E-state index contributed by atoms with van der Waals surface area (Å²) in [5.41, 5.74) is 1.69. The smallest absolute Gasteiger partial charge is 0.305 e. The minimum Gasteiger partial charge on any atom is -0.481 e. The predicted molar refractivity (Wildman–Crippen MR) is 69.1 cm³/mol. The molecule has 1 aromatic carbocycles. The van der Waals surface area contributed by atoms with Crippen molar-refractivity contribution in [3.8, 4) is 0 Å². The Bertz CT molecular complexity index is 416.